The molecule has 0 saturated carbocycles. The topological polar surface area (TPSA) is 120 Å². The summed E-state index contributed by atoms with van der Waals surface area (Å²) in [4.78, 5) is 39.9. The molecule has 0 aromatic carbocycles. The maximum atomic E-state index is 11.9. The molecule has 9 nitrogen and oxygen atoms in total. The van der Waals surface area contributed by atoms with E-state index in [0.717, 1.165) is 16.3 Å². The molecule has 0 amide bonds. The van der Waals surface area contributed by atoms with Crippen molar-refractivity contribution in [2.45, 2.75) is 23.7 Å². The van der Waals surface area contributed by atoms with Crippen molar-refractivity contribution in [1.82, 2.24) is 14.5 Å². The number of H-pyrrole nitrogens is 1. The average molecular weight is 324 g/mol. The van der Waals surface area contributed by atoms with Crippen LogP contribution in [-0.4, -0.2) is 26.1 Å². The zero-order valence-electron chi connectivity index (χ0n) is 11.5. The Labute approximate surface area is 128 Å². The van der Waals surface area contributed by atoms with Crippen LogP contribution in [0, 0.1) is 10.1 Å². The van der Waals surface area contributed by atoms with E-state index >= 15 is 0 Å². The maximum Gasteiger partial charge on any atom is 0.364 e. The third-order valence-electron chi connectivity index (χ3n) is 2.57. The normalized spacial score (nSPS) is 10.6. The van der Waals surface area contributed by atoms with Crippen molar-refractivity contribution < 1.29 is 9.66 Å². The van der Waals surface area contributed by atoms with Crippen molar-refractivity contribution in [3.05, 3.63) is 55.3 Å². The monoisotopic (exact) mass is 324 g/mol. The number of ether oxygens (including phenoxy) is 1. The number of nitrogens with zero attached hydrogens (tertiary/aromatic N) is 3. The Morgan fingerprint density at radius 3 is 2.82 bits per heavy atom. The highest BCUT2D eigenvalue weighted by Gasteiger charge is 2.26. The lowest BCUT2D eigenvalue weighted by Crippen LogP contribution is -2.33. The summed E-state index contributed by atoms with van der Waals surface area (Å²) in [5, 5.41) is 11.5. The van der Waals surface area contributed by atoms with Gasteiger partial charge < -0.3 is 4.74 Å². The van der Waals surface area contributed by atoms with E-state index in [-0.39, 0.29) is 11.8 Å². The van der Waals surface area contributed by atoms with Crippen LogP contribution < -0.4 is 11.2 Å². The van der Waals surface area contributed by atoms with Crippen LogP contribution in [0.3, 0.4) is 0 Å². The van der Waals surface area contributed by atoms with Gasteiger partial charge in [-0.15, -0.1) is 0 Å². The van der Waals surface area contributed by atoms with Gasteiger partial charge in [0.1, 0.15) is 11.8 Å². The second-order valence-corrected chi connectivity index (χ2v) is 5.00. The summed E-state index contributed by atoms with van der Waals surface area (Å²) in [7, 11) is 0. The van der Waals surface area contributed by atoms with E-state index in [1.165, 1.54) is 6.20 Å². The molecule has 22 heavy (non-hydrogen) atoms. The van der Waals surface area contributed by atoms with Crippen molar-refractivity contribution in [3.8, 4) is 0 Å². The fourth-order valence-electron chi connectivity index (χ4n) is 1.61. The van der Waals surface area contributed by atoms with E-state index in [4.69, 9.17) is 4.74 Å². The molecule has 1 N–H and O–H groups in total. The number of hydrogen-bond donors (Lipinski definition) is 1. The number of nitrogens with one attached hydrogen (secondary N) is 1. The van der Waals surface area contributed by atoms with E-state index in [0.29, 0.717) is 11.6 Å². The fraction of sp³-hybridized carbons (Fsp3) is 0.250. The Balaban J connectivity index is 2.62. The van der Waals surface area contributed by atoms with E-state index in [1.807, 2.05) is 4.98 Å². The van der Waals surface area contributed by atoms with Gasteiger partial charge in [0, 0.05) is 12.8 Å². The lowest BCUT2D eigenvalue weighted by molar-refractivity contribution is -0.390. The molecule has 2 aromatic rings. The number of nitro groups is 1. The van der Waals surface area contributed by atoms with Gasteiger partial charge in [-0.25, -0.2) is 9.78 Å². The summed E-state index contributed by atoms with van der Waals surface area (Å²) in [6.07, 6.45) is 1.51. The lowest BCUT2D eigenvalue weighted by Gasteiger charge is -2.11. The summed E-state index contributed by atoms with van der Waals surface area (Å²) in [5.74, 6) is 0. The van der Waals surface area contributed by atoms with Crippen molar-refractivity contribution >= 4 is 17.4 Å². The van der Waals surface area contributed by atoms with Gasteiger partial charge >= 0.3 is 16.9 Å². The van der Waals surface area contributed by atoms with Crippen molar-refractivity contribution in [2.75, 3.05) is 6.61 Å². The van der Waals surface area contributed by atoms with Crippen LogP contribution in [0.2, 0.25) is 0 Å². The SMILES string of the molecule is CCOCn1c(Sc2ccccn2)c([N+](=O)[O-])c(=O)[nH]c1=O. The molecule has 0 radical (unpaired) electrons. The summed E-state index contributed by atoms with van der Waals surface area (Å²) in [5.41, 5.74) is -2.54. The quantitative estimate of drug-likeness (QED) is 0.478. The second-order valence-electron chi connectivity index (χ2n) is 3.99. The zero-order valence-corrected chi connectivity index (χ0v) is 12.3. The highest BCUT2D eigenvalue weighted by Crippen LogP contribution is 2.30. The van der Waals surface area contributed by atoms with Crippen molar-refractivity contribution in [1.29, 1.82) is 0 Å². The van der Waals surface area contributed by atoms with Gasteiger partial charge in [-0.05, 0) is 30.8 Å². The molecular formula is C12H12N4O5S. The largest absolute Gasteiger partial charge is 0.364 e. The fourth-order valence-corrected chi connectivity index (χ4v) is 2.58. The highest BCUT2D eigenvalue weighted by atomic mass is 32.2. The Kier molecular flexibility index (Phi) is 5.07. The van der Waals surface area contributed by atoms with E-state index in [2.05, 4.69) is 4.98 Å². The standard InChI is InChI=1S/C12H12N4O5S/c1-2-21-7-15-11(22-8-5-3-4-6-13-8)9(16(19)20)10(17)14-12(15)18/h3-6H,2,7H2,1H3,(H,14,17,18). The first-order valence-corrected chi connectivity index (χ1v) is 7.04. The van der Waals surface area contributed by atoms with Crippen molar-refractivity contribution in [3.63, 3.8) is 0 Å². The molecule has 2 aromatic heterocycles. The molecule has 0 saturated heterocycles. The highest BCUT2D eigenvalue weighted by molar-refractivity contribution is 7.99. The third-order valence-corrected chi connectivity index (χ3v) is 3.63. The first-order chi connectivity index (χ1) is 10.5. The molecule has 0 spiro atoms. The molecule has 2 heterocycles. The number of aromatic amines is 1. The summed E-state index contributed by atoms with van der Waals surface area (Å²) in [6.45, 7) is 1.83. The number of rotatable bonds is 6. The lowest BCUT2D eigenvalue weighted by atomic mass is 10.5. The molecule has 116 valence electrons. The zero-order chi connectivity index (χ0) is 16.1. The summed E-state index contributed by atoms with van der Waals surface area (Å²) in [6, 6.07) is 4.99. The van der Waals surface area contributed by atoms with Crippen LogP contribution in [0.5, 0.6) is 0 Å². The van der Waals surface area contributed by atoms with Gasteiger partial charge in [-0.3, -0.25) is 24.5 Å². The number of hydrogen-bond acceptors (Lipinski definition) is 7. The third kappa shape index (κ3) is 3.40. The van der Waals surface area contributed by atoms with Gasteiger partial charge in [-0.1, -0.05) is 6.07 Å². The molecule has 10 heteroatoms. The first-order valence-electron chi connectivity index (χ1n) is 6.22. The first kappa shape index (κ1) is 15.9. The summed E-state index contributed by atoms with van der Waals surface area (Å²) < 4.78 is 6.14. The molecule has 0 aliphatic rings. The van der Waals surface area contributed by atoms with Crippen LogP contribution in [0.25, 0.3) is 0 Å². The Morgan fingerprint density at radius 2 is 2.23 bits per heavy atom. The second kappa shape index (κ2) is 7.00. The Hall–Kier alpha value is -2.46. The van der Waals surface area contributed by atoms with Gasteiger partial charge in [-0.2, -0.15) is 0 Å². The predicted molar refractivity (Wildman–Crippen MR) is 78.0 cm³/mol. The summed E-state index contributed by atoms with van der Waals surface area (Å²) >= 11 is 0.858. The molecule has 0 aliphatic carbocycles. The predicted octanol–water partition coefficient (Wildman–Crippen LogP) is 0.985. The molecule has 0 atom stereocenters. The molecule has 0 unspecified atom stereocenters. The van der Waals surface area contributed by atoms with Gasteiger partial charge in [0.15, 0.2) is 5.03 Å². The van der Waals surface area contributed by atoms with Crippen LogP contribution in [0.1, 0.15) is 6.92 Å². The van der Waals surface area contributed by atoms with Crippen LogP contribution in [-0.2, 0) is 11.5 Å². The Morgan fingerprint density at radius 1 is 1.45 bits per heavy atom. The van der Waals surface area contributed by atoms with Crippen LogP contribution in [0.4, 0.5) is 5.69 Å². The van der Waals surface area contributed by atoms with Crippen LogP contribution in [0.15, 0.2) is 44.0 Å². The van der Waals surface area contributed by atoms with Crippen molar-refractivity contribution in [2.24, 2.45) is 0 Å². The minimum atomic E-state index is -1.05. The molecular weight excluding hydrogens is 312 g/mol. The molecule has 2 rings (SSSR count). The van der Waals surface area contributed by atoms with E-state index in [1.54, 1.807) is 25.1 Å². The molecule has 0 aliphatic heterocycles. The molecule has 0 bridgehead atoms. The van der Waals surface area contributed by atoms with Crippen LogP contribution >= 0.6 is 11.8 Å². The maximum absolute atomic E-state index is 11.9. The van der Waals surface area contributed by atoms with E-state index < -0.39 is 21.9 Å². The Bertz CT molecular complexity index is 786. The number of pyridine rings is 1. The van der Waals surface area contributed by atoms with E-state index in [9.17, 15) is 19.7 Å². The van der Waals surface area contributed by atoms with Gasteiger partial charge in [0.25, 0.3) is 0 Å². The smallest absolute Gasteiger partial charge is 0.361 e. The average Bonchev–Trinajstić information content (AvgIpc) is 2.47. The molecule has 0 fully saturated rings. The van der Waals surface area contributed by atoms with Gasteiger partial charge in [0.2, 0.25) is 0 Å². The minimum Gasteiger partial charge on any atom is -0.361 e. The number of aromatic nitrogens is 3. The van der Waals surface area contributed by atoms with Gasteiger partial charge in [0.05, 0.1) is 4.92 Å². The minimum absolute atomic E-state index is 0.120.